The average molecular weight is 410 g/mol. The van der Waals surface area contributed by atoms with Gasteiger partial charge < -0.3 is 4.42 Å². The molecule has 0 spiro atoms. The lowest BCUT2D eigenvalue weighted by atomic mass is 9.99. The van der Waals surface area contributed by atoms with Gasteiger partial charge in [0.2, 0.25) is 10.9 Å². The van der Waals surface area contributed by atoms with E-state index in [9.17, 15) is 9.59 Å². The lowest BCUT2D eigenvalue weighted by molar-refractivity contribution is 0.0970. The van der Waals surface area contributed by atoms with Crippen LogP contribution in [0.15, 0.2) is 57.7 Å². The summed E-state index contributed by atoms with van der Waals surface area (Å²) in [5.41, 5.74) is 1.13. The topological polar surface area (TPSA) is 76.3 Å². The van der Waals surface area contributed by atoms with Crippen LogP contribution in [0.3, 0.4) is 0 Å². The molecule has 1 aliphatic heterocycles. The number of hydrogen-bond acceptors (Lipinski definition) is 6. The van der Waals surface area contributed by atoms with E-state index in [-0.39, 0.29) is 11.2 Å². The van der Waals surface area contributed by atoms with Crippen molar-refractivity contribution in [2.75, 3.05) is 4.90 Å². The van der Waals surface area contributed by atoms with Crippen LogP contribution in [0.25, 0.3) is 11.0 Å². The van der Waals surface area contributed by atoms with E-state index < -0.39 is 11.9 Å². The van der Waals surface area contributed by atoms with Gasteiger partial charge in [-0.25, -0.2) is 0 Å². The molecule has 0 N–H and O–H groups in total. The Morgan fingerprint density at radius 1 is 1.11 bits per heavy atom. The van der Waals surface area contributed by atoms with Crippen LogP contribution in [0.4, 0.5) is 5.13 Å². The van der Waals surface area contributed by atoms with Gasteiger partial charge in [-0.2, -0.15) is 0 Å². The summed E-state index contributed by atoms with van der Waals surface area (Å²) in [5.74, 6) is -0.388. The molecule has 2 aromatic carbocycles. The lowest BCUT2D eigenvalue weighted by Gasteiger charge is -2.22. The largest absolute Gasteiger partial charge is 0.450 e. The Hall–Kier alpha value is -3.03. The van der Waals surface area contributed by atoms with E-state index in [2.05, 4.69) is 10.2 Å². The van der Waals surface area contributed by atoms with Crippen molar-refractivity contribution in [1.82, 2.24) is 10.2 Å². The van der Waals surface area contributed by atoms with Gasteiger partial charge in [0.1, 0.15) is 10.6 Å². The third-order valence-electron chi connectivity index (χ3n) is 4.66. The molecule has 0 saturated heterocycles. The fraction of sp³-hybridized carbons (Fsp3) is 0.100. The number of rotatable bonds is 2. The highest BCUT2D eigenvalue weighted by Crippen LogP contribution is 2.42. The van der Waals surface area contributed by atoms with Gasteiger partial charge in [0.25, 0.3) is 5.91 Å². The molecular formula is C20H12ClN3O3S. The normalized spacial score (nSPS) is 16.0. The minimum absolute atomic E-state index is 0.0292. The zero-order valence-electron chi connectivity index (χ0n) is 14.5. The Bertz CT molecular complexity index is 1310. The van der Waals surface area contributed by atoms with E-state index in [0.717, 1.165) is 0 Å². The predicted octanol–water partition coefficient (Wildman–Crippen LogP) is 4.36. The zero-order valence-corrected chi connectivity index (χ0v) is 16.1. The first-order valence-electron chi connectivity index (χ1n) is 8.49. The molecule has 3 heterocycles. The van der Waals surface area contributed by atoms with Gasteiger partial charge in [-0.3, -0.25) is 14.5 Å². The number of carbonyl (C=O) groups is 1. The number of anilines is 1. The molecule has 5 rings (SSSR count). The Balaban J connectivity index is 1.84. The summed E-state index contributed by atoms with van der Waals surface area (Å²) < 4.78 is 5.87. The van der Waals surface area contributed by atoms with Crippen molar-refractivity contribution in [2.45, 2.75) is 13.0 Å². The molecule has 6 nitrogen and oxygen atoms in total. The average Bonchev–Trinajstić information content (AvgIpc) is 3.23. The summed E-state index contributed by atoms with van der Waals surface area (Å²) in [5, 5.41) is 10.2. The van der Waals surface area contributed by atoms with Crippen molar-refractivity contribution in [3.8, 4) is 0 Å². The summed E-state index contributed by atoms with van der Waals surface area (Å²) in [6, 6.07) is 13.3. The third kappa shape index (κ3) is 2.47. The van der Waals surface area contributed by atoms with Crippen LogP contribution in [0.5, 0.6) is 0 Å². The van der Waals surface area contributed by atoms with E-state index in [4.69, 9.17) is 16.0 Å². The number of nitrogens with zero attached hydrogens (tertiary/aromatic N) is 3. The standard InChI is InChI=1S/C20H12ClN3O3S/c1-10-22-23-20(28-10)24-16(11-5-4-6-12(21)9-11)15-17(25)13-7-2-3-8-14(13)27-18(15)19(24)26/h2-9,16H,1H3/t16-/m1/s1. The third-order valence-corrected chi connectivity index (χ3v) is 5.74. The molecule has 28 heavy (non-hydrogen) atoms. The summed E-state index contributed by atoms with van der Waals surface area (Å²) in [4.78, 5) is 28.0. The zero-order chi connectivity index (χ0) is 19.4. The molecule has 4 aromatic rings. The molecule has 1 atom stereocenters. The van der Waals surface area contributed by atoms with Crippen LogP contribution in [-0.4, -0.2) is 16.1 Å². The van der Waals surface area contributed by atoms with Crippen LogP contribution >= 0.6 is 22.9 Å². The first kappa shape index (κ1) is 17.1. The predicted molar refractivity (Wildman–Crippen MR) is 107 cm³/mol. The van der Waals surface area contributed by atoms with Gasteiger partial charge in [0, 0.05) is 5.02 Å². The summed E-state index contributed by atoms with van der Waals surface area (Å²) in [6.07, 6.45) is 0. The Morgan fingerprint density at radius 2 is 1.93 bits per heavy atom. The van der Waals surface area contributed by atoms with Gasteiger partial charge >= 0.3 is 0 Å². The first-order chi connectivity index (χ1) is 13.5. The highest BCUT2D eigenvalue weighted by atomic mass is 35.5. The van der Waals surface area contributed by atoms with Crippen molar-refractivity contribution in [3.63, 3.8) is 0 Å². The Labute approximate surface area is 168 Å². The van der Waals surface area contributed by atoms with E-state index in [1.807, 2.05) is 6.07 Å². The fourth-order valence-electron chi connectivity index (χ4n) is 3.49. The monoisotopic (exact) mass is 409 g/mol. The second-order valence-electron chi connectivity index (χ2n) is 6.41. The Morgan fingerprint density at radius 3 is 2.68 bits per heavy atom. The molecular weight excluding hydrogens is 398 g/mol. The molecule has 0 radical (unpaired) electrons. The quantitative estimate of drug-likeness (QED) is 0.491. The fourth-order valence-corrected chi connectivity index (χ4v) is 4.41. The first-order valence-corrected chi connectivity index (χ1v) is 9.69. The number of para-hydroxylation sites is 1. The van der Waals surface area contributed by atoms with Crippen molar-refractivity contribution in [1.29, 1.82) is 0 Å². The number of fused-ring (bicyclic) bond motifs is 2. The minimum Gasteiger partial charge on any atom is -0.450 e. The molecule has 0 aliphatic carbocycles. The molecule has 138 valence electrons. The molecule has 1 aliphatic rings. The van der Waals surface area contributed by atoms with Gasteiger partial charge in [0.05, 0.1) is 17.0 Å². The van der Waals surface area contributed by atoms with Crippen LogP contribution < -0.4 is 10.3 Å². The molecule has 0 bridgehead atoms. The van der Waals surface area contributed by atoms with Gasteiger partial charge in [-0.05, 0) is 36.8 Å². The Kier molecular flexibility index (Phi) is 3.82. The summed E-state index contributed by atoms with van der Waals surface area (Å²) in [6.45, 7) is 1.81. The smallest absolute Gasteiger partial charge is 0.297 e. The number of amides is 1. The molecule has 2 aromatic heterocycles. The second kappa shape index (κ2) is 6.25. The van der Waals surface area contributed by atoms with Crippen LogP contribution in [-0.2, 0) is 0 Å². The molecule has 0 fully saturated rings. The molecule has 1 amide bonds. The van der Waals surface area contributed by atoms with Gasteiger partial charge in [0.15, 0.2) is 5.43 Å². The number of hydrogen-bond donors (Lipinski definition) is 0. The maximum Gasteiger partial charge on any atom is 0.297 e. The van der Waals surface area contributed by atoms with Crippen LogP contribution in [0.1, 0.15) is 32.7 Å². The van der Waals surface area contributed by atoms with Crippen molar-refractivity contribution in [3.05, 3.63) is 85.7 Å². The molecule has 0 saturated carbocycles. The minimum atomic E-state index is -0.686. The van der Waals surface area contributed by atoms with E-state index in [0.29, 0.717) is 37.3 Å². The number of carbonyl (C=O) groups excluding carboxylic acids is 1. The maximum absolute atomic E-state index is 13.3. The van der Waals surface area contributed by atoms with Crippen molar-refractivity contribution >= 4 is 44.9 Å². The van der Waals surface area contributed by atoms with E-state index in [1.165, 1.54) is 16.2 Å². The molecule has 8 heteroatoms. The highest BCUT2D eigenvalue weighted by Gasteiger charge is 2.45. The summed E-state index contributed by atoms with van der Waals surface area (Å²) >= 11 is 7.47. The van der Waals surface area contributed by atoms with Gasteiger partial charge in [-0.1, -0.05) is 47.2 Å². The SMILES string of the molecule is Cc1nnc(N2C(=O)c3oc4ccccc4c(=O)c3[C@H]2c2cccc(Cl)c2)s1. The number of aryl methyl sites for hydroxylation is 1. The van der Waals surface area contributed by atoms with E-state index in [1.54, 1.807) is 49.4 Å². The highest BCUT2D eigenvalue weighted by molar-refractivity contribution is 7.15. The van der Waals surface area contributed by atoms with Crippen LogP contribution in [0, 0.1) is 6.92 Å². The number of halogens is 1. The number of benzene rings is 2. The second-order valence-corrected chi connectivity index (χ2v) is 8.00. The lowest BCUT2D eigenvalue weighted by Crippen LogP contribution is -2.29. The summed E-state index contributed by atoms with van der Waals surface area (Å²) in [7, 11) is 0. The van der Waals surface area contributed by atoms with Crippen molar-refractivity contribution < 1.29 is 9.21 Å². The van der Waals surface area contributed by atoms with Crippen LogP contribution in [0.2, 0.25) is 5.02 Å². The van der Waals surface area contributed by atoms with Crippen molar-refractivity contribution in [2.24, 2.45) is 0 Å². The maximum atomic E-state index is 13.3. The van der Waals surface area contributed by atoms with Gasteiger partial charge in [-0.15, -0.1) is 10.2 Å². The molecule has 0 unspecified atom stereocenters. The van der Waals surface area contributed by atoms with E-state index >= 15 is 0 Å². The number of aromatic nitrogens is 2.